The minimum Gasteiger partial charge on any atom is -0.484 e. The fourth-order valence-electron chi connectivity index (χ4n) is 2.06. The molecular weight excluding hydrogens is 324 g/mol. The van der Waals surface area contributed by atoms with Gasteiger partial charge in [-0.2, -0.15) is 0 Å². The number of H-pyrrole nitrogens is 1. The Hall–Kier alpha value is -3.62. The van der Waals surface area contributed by atoms with E-state index < -0.39 is 0 Å². The molecule has 0 unspecified atom stereocenters. The van der Waals surface area contributed by atoms with Gasteiger partial charge in [-0.15, -0.1) is 5.10 Å². The summed E-state index contributed by atoms with van der Waals surface area (Å²) in [5.74, 6) is 0.0552. The number of hydrogen-bond acceptors (Lipinski definition) is 6. The Morgan fingerprint density at radius 3 is 2.64 bits per heavy atom. The standard InChI is InChI=1S/C16H16N6O3/c1-10(23)18-19-11-2-5-13(6-3-11)25-9-16(24)17-12-4-7-14-15(8-12)21-22-20-14/h2-8,19H,9H2,1H3,(H,17,24)(H,18,23)(H,20,21,22). The van der Waals surface area contributed by atoms with E-state index in [1.807, 2.05) is 0 Å². The average Bonchev–Trinajstić information content (AvgIpc) is 3.07. The summed E-state index contributed by atoms with van der Waals surface area (Å²) in [5.41, 5.74) is 7.98. The molecule has 0 saturated carbocycles. The van der Waals surface area contributed by atoms with Gasteiger partial charge in [0.15, 0.2) is 6.61 Å². The third-order valence-electron chi connectivity index (χ3n) is 3.22. The third kappa shape index (κ3) is 4.44. The first-order valence-electron chi connectivity index (χ1n) is 7.46. The maximum atomic E-state index is 12.0. The van der Waals surface area contributed by atoms with E-state index in [4.69, 9.17) is 4.74 Å². The Morgan fingerprint density at radius 2 is 1.88 bits per heavy atom. The van der Waals surface area contributed by atoms with Gasteiger partial charge >= 0.3 is 0 Å². The molecule has 128 valence electrons. The molecule has 3 aromatic rings. The van der Waals surface area contributed by atoms with Crippen LogP contribution in [0.2, 0.25) is 0 Å². The second-order valence-corrected chi connectivity index (χ2v) is 5.21. The molecule has 0 spiro atoms. The number of anilines is 2. The first-order chi connectivity index (χ1) is 12.1. The molecule has 2 amide bonds. The van der Waals surface area contributed by atoms with Crippen molar-refractivity contribution in [3.8, 4) is 5.75 Å². The Kier molecular flexibility index (Phi) is 4.74. The molecule has 9 heteroatoms. The predicted octanol–water partition coefficient (Wildman–Crippen LogP) is 1.44. The number of nitrogens with zero attached hydrogens (tertiary/aromatic N) is 2. The molecule has 0 aliphatic carbocycles. The number of amides is 2. The number of nitrogens with one attached hydrogen (secondary N) is 4. The van der Waals surface area contributed by atoms with E-state index in [0.29, 0.717) is 22.6 Å². The molecule has 3 rings (SSSR count). The molecule has 0 saturated heterocycles. The fourth-order valence-corrected chi connectivity index (χ4v) is 2.06. The Bertz CT molecular complexity index is 890. The van der Waals surface area contributed by atoms with Crippen LogP contribution in [0.5, 0.6) is 5.75 Å². The van der Waals surface area contributed by atoms with Gasteiger partial charge in [-0.3, -0.25) is 25.5 Å². The molecule has 0 fully saturated rings. The molecule has 0 radical (unpaired) electrons. The Labute approximate surface area is 142 Å². The summed E-state index contributed by atoms with van der Waals surface area (Å²) in [6.07, 6.45) is 0. The van der Waals surface area contributed by atoms with E-state index in [0.717, 1.165) is 5.52 Å². The van der Waals surface area contributed by atoms with Crippen LogP contribution in [0.25, 0.3) is 11.0 Å². The van der Waals surface area contributed by atoms with Gasteiger partial charge < -0.3 is 10.1 Å². The summed E-state index contributed by atoms with van der Waals surface area (Å²) in [6.45, 7) is 1.28. The van der Waals surface area contributed by atoms with Gasteiger partial charge in [0, 0.05) is 12.6 Å². The van der Waals surface area contributed by atoms with Crippen molar-refractivity contribution < 1.29 is 14.3 Å². The highest BCUT2D eigenvalue weighted by Gasteiger charge is 2.06. The van der Waals surface area contributed by atoms with Gasteiger partial charge in [0.25, 0.3) is 5.91 Å². The lowest BCUT2D eigenvalue weighted by molar-refractivity contribution is -0.119. The number of carbonyl (C=O) groups is 2. The average molecular weight is 340 g/mol. The van der Waals surface area contributed by atoms with Crippen molar-refractivity contribution in [3.05, 3.63) is 42.5 Å². The van der Waals surface area contributed by atoms with E-state index in [-0.39, 0.29) is 18.4 Å². The minimum absolute atomic E-state index is 0.130. The van der Waals surface area contributed by atoms with Crippen molar-refractivity contribution in [2.75, 3.05) is 17.3 Å². The maximum Gasteiger partial charge on any atom is 0.262 e. The Morgan fingerprint density at radius 1 is 1.12 bits per heavy atom. The lowest BCUT2D eigenvalue weighted by Crippen LogP contribution is -2.26. The van der Waals surface area contributed by atoms with Gasteiger partial charge in [0.05, 0.1) is 11.2 Å². The van der Waals surface area contributed by atoms with Gasteiger partial charge in [-0.1, -0.05) is 5.21 Å². The Balaban J connectivity index is 1.50. The zero-order valence-corrected chi connectivity index (χ0v) is 13.4. The number of aromatic amines is 1. The van der Waals surface area contributed by atoms with Crippen molar-refractivity contribution >= 4 is 34.2 Å². The molecule has 25 heavy (non-hydrogen) atoms. The van der Waals surface area contributed by atoms with Crippen LogP contribution in [0.1, 0.15) is 6.92 Å². The second-order valence-electron chi connectivity index (χ2n) is 5.21. The number of carbonyl (C=O) groups excluding carboxylic acids is 2. The molecule has 0 bridgehead atoms. The van der Waals surface area contributed by atoms with E-state index in [2.05, 4.69) is 31.6 Å². The first kappa shape index (κ1) is 16.2. The monoisotopic (exact) mass is 340 g/mol. The molecule has 0 aliphatic heterocycles. The summed E-state index contributed by atoms with van der Waals surface area (Å²) in [4.78, 5) is 22.8. The molecule has 9 nitrogen and oxygen atoms in total. The smallest absolute Gasteiger partial charge is 0.262 e. The van der Waals surface area contributed by atoms with E-state index in [1.54, 1.807) is 42.5 Å². The number of benzene rings is 2. The van der Waals surface area contributed by atoms with Crippen LogP contribution in [0.15, 0.2) is 42.5 Å². The number of aromatic nitrogens is 3. The number of rotatable bonds is 6. The first-order valence-corrected chi connectivity index (χ1v) is 7.46. The van der Waals surface area contributed by atoms with Crippen LogP contribution in [0, 0.1) is 0 Å². The molecule has 1 heterocycles. The van der Waals surface area contributed by atoms with Gasteiger partial charge in [0.1, 0.15) is 11.3 Å². The molecular formula is C16H16N6O3. The quantitative estimate of drug-likeness (QED) is 0.504. The number of fused-ring (bicyclic) bond motifs is 1. The molecule has 0 aliphatic rings. The highest BCUT2D eigenvalue weighted by Crippen LogP contribution is 2.16. The molecule has 2 aromatic carbocycles. The van der Waals surface area contributed by atoms with Crippen molar-refractivity contribution in [2.24, 2.45) is 0 Å². The third-order valence-corrected chi connectivity index (χ3v) is 3.22. The second kappa shape index (κ2) is 7.30. The van der Waals surface area contributed by atoms with E-state index >= 15 is 0 Å². The number of hydrogen-bond donors (Lipinski definition) is 4. The predicted molar refractivity (Wildman–Crippen MR) is 91.9 cm³/mol. The van der Waals surface area contributed by atoms with Crippen LogP contribution in [0.4, 0.5) is 11.4 Å². The van der Waals surface area contributed by atoms with Gasteiger partial charge in [-0.05, 0) is 42.5 Å². The number of ether oxygens (including phenoxy) is 1. The van der Waals surface area contributed by atoms with Crippen molar-refractivity contribution in [2.45, 2.75) is 6.92 Å². The molecule has 4 N–H and O–H groups in total. The summed E-state index contributed by atoms with van der Waals surface area (Å²) in [7, 11) is 0. The number of hydrazine groups is 1. The SMILES string of the molecule is CC(=O)NNc1ccc(OCC(=O)Nc2ccc3[nH]nnc3c2)cc1. The maximum absolute atomic E-state index is 12.0. The molecule has 0 atom stereocenters. The summed E-state index contributed by atoms with van der Waals surface area (Å²) >= 11 is 0. The van der Waals surface area contributed by atoms with Gasteiger partial charge in [0.2, 0.25) is 5.91 Å². The molecule has 1 aromatic heterocycles. The van der Waals surface area contributed by atoms with E-state index in [1.165, 1.54) is 6.92 Å². The fraction of sp³-hybridized carbons (Fsp3) is 0.125. The lowest BCUT2D eigenvalue weighted by atomic mass is 10.3. The topological polar surface area (TPSA) is 121 Å². The minimum atomic E-state index is -0.289. The van der Waals surface area contributed by atoms with Crippen LogP contribution in [-0.2, 0) is 9.59 Å². The van der Waals surface area contributed by atoms with Crippen LogP contribution >= 0.6 is 0 Å². The normalized spacial score (nSPS) is 10.3. The highest BCUT2D eigenvalue weighted by atomic mass is 16.5. The van der Waals surface area contributed by atoms with Crippen molar-refractivity contribution in [1.82, 2.24) is 20.8 Å². The lowest BCUT2D eigenvalue weighted by Gasteiger charge is -2.09. The van der Waals surface area contributed by atoms with Crippen LogP contribution < -0.4 is 20.9 Å². The van der Waals surface area contributed by atoms with E-state index in [9.17, 15) is 9.59 Å². The summed E-state index contributed by atoms with van der Waals surface area (Å²) in [6, 6.07) is 12.1. The summed E-state index contributed by atoms with van der Waals surface area (Å²) in [5, 5.41) is 13.1. The van der Waals surface area contributed by atoms with Crippen LogP contribution in [0.3, 0.4) is 0 Å². The highest BCUT2D eigenvalue weighted by molar-refractivity contribution is 5.93. The zero-order valence-electron chi connectivity index (χ0n) is 13.4. The van der Waals surface area contributed by atoms with Gasteiger partial charge in [-0.25, -0.2) is 0 Å². The van der Waals surface area contributed by atoms with Crippen molar-refractivity contribution in [3.63, 3.8) is 0 Å². The largest absolute Gasteiger partial charge is 0.484 e. The van der Waals surface area contributed by atoms with Crippen molar-refractivity contribution in [1.29, 1.82) is 0 Å². The van der Waals surface area contributed by atoms with Crippen LogP contribution in [-0.4, -0.2) is 33.8 Å². The summed E-state index contributed by atoms with van der Waals surface area (Å²) < 4.78 is 5.43. The zero-order chi connectivity index (χ0) is 17.6.